The maximum atomic E-state index is 12.5. The molecule has 114 valence electrons. The summed E-state index contributed by atoms with van der Waals surface area (Å²) in [7, 11) is 0. The Morgan fingerprint density at radius 1 is 1.27 bits per heavy atom. The van der Waals surface area contributed by atoms with Crippen LogP contribution in [0, 0.1) is 0 Å². The van der Waals surface area contributed by atoms with Gasteiger partial charge in [0.05, 0.1) is 10.8 Å². The zero-order valence-corrected chi connectivity index (χ0v) is 13.2. The van der Waals surface area contributed by atoms with Crippen molar-refractivity contribution in [3.63, 3.8) is 0 Å². The number of amides is 1. The number of benzene rings is 1. The number of aliphatic carboxylic acids is 1. The molecule has 1 aliphatic rings. The van der Waals surface area contributed by atoms with E-state index in [0.29, 0.717) is 22.9 Å². The van der Waals surface area contributed by atoms with Crippen LogP contribution in [0.3, 0.4) is 0 Å². The van der Waals surface area contributed by atoms with Gasteiger partial charge < -0.3 is 10.0 Å². The molecule has 0 aliphatic carbocycles. The van der Waals surface area contributed by atoms with Crippen LogP contribution in [0.25, 0.3) is 0 Å². The largest absolute Gasteiger partial charge is 0.479 e. The molecular weight excluding hydrogens is 322 g/mol. The van der Waals surface area contributed by atoms with Crippen LogP contribution in [0.1, 0.15) is 22.0 Å². The normalized spacial score (nSPS) is 17.1. The van der Waals surface area contributed by atoms with Gasteiger partial charge in [0.15, 0.2) is 6.04 Å². The number of thiophene rings is 1. The molecule has 2 heterocycles. The summed E-state index contributed by atoms with van der Waals surface area (Å²) in [6.07, 6.45) is 0.861. The van der Waals surface area contributed by atoms with Crippen molar-refractivity contribution >= 4 is 34.8 Å². The fourth-order valence-corrected chi connectivity index (χ4v) is 3.88. The van der Waals surface area contributed by atoms with E-state index in [9.17, 15) is 14.7 Å². The van der Waals surface area contributed by atoms with Crippen molar-refractivity contribution in [1.29, 1.82) is 0 Å². The number of carbonyl (C=O) groups is 2. The van der Waals surface area contributed by atoms with Gasteiger partial charge in [0.1, 0.15) is 0 Å². The molecule has 0 bridgehead atoms. The standard InChI is InChI=1S/C16H14ClNO3S/c17-13-6-5-11(22-13)9-14(19)18-8-7-10-3-1-2-4-12(10)15(18)16(20)21/h1-6,15H,7-9H2,(H,20,21). The molecule has 6 heteroatoms. The number of hydrogen-bond acceptors (Lipinski definition) is 3. The average molecular weight is 336 g/mol. The smallest absolute Gasteiger partial charge is 0.331 e. The predicted molar refractivity (Wildman–Crippen MR) is 85.3 cm³/mol. The first-order chi connectivity index (χ1) is 10.6. The van der Waals surface area contributed by atoms with Crippen molar-refractivity contribution in [3.05, 3.63) is 56.7 Å². The highest BCUT2D eigenvalue weighted by atomic mass is 35.5. The molecule has 0 fully saturated rings. The maximum absolute atomic E-state index is 12.5. The minimum Gasteiger partial charge on any atom is -0.479 e. The summed E-state index contributed by atoms with van der Waals surface area (Å²) in [6.45, 7) is 0.423. The van der Waals surface area contributed by atoms with Gasteiger partial charge in [-0.3, -0.25) is 4.79 Å². The lowest BCUT2D eigenvalue weighted by molar-refractivity contribution is -0.151. The maximum Gasteiger partial charge on any atom is 0.331 e. The second-order valence-corrected chi connectivity index (χ2v) is 6.96. The molecule has 1 N–H and O–H groups in total. The molecule has 1 unspecified atom stereocenters. The van der Waals surface area contributed by atoms with E-state index in [1.807, 2.05) is 18.2 Å². The van der Waals surface area contributed by atoms with Crippen molar-refractivity contribution in [2.75, 3.05) is 6.54 Å². The molecule has 0 radical (unpaired) electrons. The number of nitrogens with zero attached hydrogens (tertiary/aromatic N) is 1. The second kappa shape index (κ2) is 6.10. The van der Waals surface area contributed by atoms with Crippen molar-refractivity contribution in [3.8, 4) is 0 Å². The molecule has 0 saturated heterocycles. The van der Waals surface area contributed by atoms with E-state index >= 15 is 0 Å². The summed E-state index contributed by atoms with van der Waals surface area (Å²) in [4.78, 5) is 26.5. The molecule has 0 saturated carbocycles. The fraction of sp³-hybridized carbons (Fsp3) is 0.250. The summed E-state index contributed by atoms with van der Waals surface area (Å²) in [5.41, 5.74) is 1.71. The van der Waals surface area contributed by atoms with E-state index in [-0.39, 0.29) is 12.3 Å². The number of hydrogen-bond donors (Lipinski definition) is 1. The fourth-order valence-electron chi connectivity index (χ4n) is 2.80. The minimum atomic E-state index is -0.996. The molecule has 1 aromatic heterocycles. The number of carboxylic acids is 1. The summed E-state index contributed by atoms with van der Waals surface area (Å²) in [5.74, 6) is -1.18. The molecule has 22 heavy (non-hydrogen) atoms. The molecule has 2 aromatic rings. The van der Waals surface area contributed by atoms with Gasteiger partial charge >= 0.3 is 5.97 Å². The van der Waals surface area contributed by atoms with Gasteiger partial charge in [-0.05, 0) is 29.7 Å². The Morgan fingerprint density at radius 3 is 2.73 bits per heavy atom. The first kappa shape index (κ1) is 15.1. The number of carbonyl (C=O) groups excluding carboxylic acids is 1. The van der Waals surface area contributed by atoms with E-state index < -0.39 is 12.0 Å². The van der Waals surface area contributed by atoms with Crippen LogP contribution >= 0.6 is 22.9 Å². The molecular formula is C16H14ClNO3S. The quantitative estimate of drug-likeness (QED) is 0.937. The second-order valence-electron chi connectivity index (χ2n) is 5.16. The Balaban J connectivity index is 1.86. The molecule has 1 aromatic carbocycles. The van der Waals surface area contributed by atoms with Crippen molar-refractivity contribution in [1.82, 2.24) is 4.90 Å². The third-order valence-electron chi connectivity index (χ3n) is 3.79. The third-order valence-corrected chi connectivity index (χ3v) is 5.02. The Kier molecular flexibility index (Phi) is 4.18. The first-order valence-electron chi connectivity index (χ1n) is 6.90. The minimum absolute atomic E-state index is 0.180. The third kappa shape index (κ3) is 2.87. The van der Waals surface area contributed by atoms with Crippen LogP contribution < -0.4 is 0 Å². The number of rotatable bonds is 3. The van der Waals surface area contributed by atoms with E-state index in [0.717, 1.165) is 10.4 Å². The van der Waals surface area contributed by atoms with Crippen molar-refractivity contribution in [2.24, 2.45) is 0 Å². The molecule has 4 nitrogen and oxygen atoms in total. The molecule has 1 aliphatic heterocycles. The van der Waals surface area contributed by atoms with E-state index in [1.54, 1.807) is 18.2 Å². The van der Waals surface area contributed by atoms with Crippen LogP contribution in [0.15, 0.2) is 36.4 Å². The van der Waals surface area contributed by atoms with Crippen LogP contribution in [-0.4, -0.2) is 28.4 Å². The Morgan fingerprint density at radius 2 is 2.05 bits per heavy atom. The number of carboxylic acid groups (broad SMARTS) is 1. The van der Waals surface area contributed by atoms with Crippen LogP contribution in [-0.2, 0) is 22.4 Å². The Labute approximate surface area is 136 Å². The monoisotopic (exact) mass is 335 g/mol. The average Bonchev–Trinajstić information content (AvgIpc) is 2.90. The van der Waals surface area contributed by atoms with Crippen LogP contribution in [0.5, 0.6) is 0 Å². The first-order valence-corrected chi connectivity index (χ1v) is 8.10. The topological polar surface area (TPSA) is 57.6 Å². The summed E-state index contributed by atoms with van der Waals surface area (Å²) in [5, 5.41) is 9.56. The lowest BCUT2D eigenvalue weighted by Crippen LogP contribution is -2.44. The van der Waals surface area contributed by atoms with Gasteiger partial charge in [0, 0.05) is 11.4 Å². The summed E-state index contributed by atoms with van der Waals surface area (Å²) >= 11 is 7.22. The van der Waals surface area contributed by atoms with Crippen LogP contribution in [0.4, 0.5) is 0 Å². The number of halogens is 1. The zero-order valence-electron chi connectivity index (χ0n) is 11.7. The van der Waals surface area contributed by atoms with Crippen LogP contribution in [0.2, 0.25) is 4.34 Å². The zero-order chi connectivity index (χ0) is 15.7. The van der Waals surface area contributed by atoms with Gasteiger partial charge in [-0.2, -0.15) is 0 Å². The Hall–Kier alpha value is -1.85. The highest BCUT2D eigenvalue weighted by Gasteiger charge is 2.35. The summed E-state index contributed by atoms with van der Waals surface area (Å²) < 4.78 is 0.626. The lowest BCUT2D eigenvalue weighted by atomic mass is 9.92. The highest BCUT2D eigenvalue weighted by molar-refractivity contribution is 7.16. The molecule has 1 atom stereocenters. The SMILES string of the molecule is O=C(O)C1c2ccccc2CCN1C(=O)Cc1ccc(Cl)s1. The Bertz CT molecular complexity index is 728. The van der Waals surface area contributed by atoms with Gasteiger partial charge in [0.25, 0.3) is 0 Å². The van der Waals surface area contributed by atoms with E-state index in [2.05, 4.69) is 0 Å². The molecule has 0 spiro atoms. The van der Waals surface area contributed by atoms with Gasteiger partial charge in [-0.25, -0.2) is 4.79 Å². The van der Waals surface area contributed by atoms with Gasteiger partial charge in [-0.15, -0.1) is 11.3 Å². The molecule has 3 rings (SSSR count). The van der Waals surface area contributed by atoms with Crippen molar-refractivity contribution < 1.29 is 14.7 Å². The van der Waals surface area contributed by atoms with Gasteiger partial charge in [0.2, 0.25) is 5.91 Å². The lowest BCUT2D eigenvalue weighted by Gasteiger charge is -2.34. The van der Waals surface area contributed by atoms with E-state index in [4.69, 9.17) is 11.6 Å². The molecule has 1 amide bonds. The summed E-state index contributed by atoms with van der Waals surface area (Å²) in [6, 6.07) is 10.0. The van der Waals surface area contributed by atoms with E-state index in [1.165, 1.54) is 16.2 Å². The predicted octanol–water partition coefficient (Wildman–Crippen LogP) is 3.15. The van der Waals surface area contributed by atoms with Gasteiger partial charge in [-0.1, -0.05) is 35.9 Å². The number of fused-ring (bicyclic) bond motifs is 1. The highest BCUT2D eigenvalue weighted by Crippen LogP contribution is 2.31. The van der Waals surface area contributed by atoms with Crippen molar-refractivity contribution in [2.45, 2.75) is 18.9 Å².